The largest absolute Gasteiger partial charge is 0.343 e. The van der Waals surface area contributed by atoms with Crippen LogP contribution in [0.3, 0.4) is 0 Å². The molecule has 0 saturated carbocycles. The lowest BCUT2D eigenvalue weighted by molar-refractivity contribution is -0.127. The van der Waals surface area contributed by atoms with Gasteiger partial charge in [0.05, 0.1) is 17.9 Å². The van der Waals surface area contributed by atoms with Crippen LogP contribution in [0, 0.1) is 0 Å². The average molecular weight is 420 g/mol. The molecule has 142 valence electrons. The van der Waals surface area contributed by atoms with Crippen LogP contribution in [-0.4, -0.2) is 28.9 Å². The third-order valence-corrected chi connectivity index (χ3v) is 3.64. The van der Waals surface area contributed by atoms with Crippen molar-refractivity contribution in [2.45, 2.75) is 25.4 Å². The summed E-state index contributed by atoms with van der Waals surface area (Å²) in [5, 5.41) is 5.90. The molecule has 2 aromatic rings. The first-order valence-corrected chi connectivity index (χ1v) is 7.85. The number of nitrogens with one attached hydrogen (secondary N) is 2. The Balaban J connectivity index is 0.00000312. The maximum absolute atomic E-state index is 12.1. The topological polar surface area (TPSA) is 97.1 Å². The van der Waals surface area contributed by atoms with Crippen LogP contribution >= 0.6 is 36.4 Å². The Hall–Kier alpha value is -1.86. The summed E-state index contributed by atoms with van der Waals surface area (Å²) in [7, 11) is 0. The van der Waals surface area contributed by atoms with Gasteiger partial charge in [-0.1, -0.05) is 23.7 Å². The van der Waals surface area contributed by atoms with Crippen LogP contribution in [-0.2, 0) is 16.0 Å². The maximum Gasteiger partial charge on any atom is 0.246 e. The lowest BCUT2D eigenvalue weighted by Gasteiger charge is -2.17. The number of carbonyl (C=O) groups is 2. The van der Waals surface area contributed by atoms with Crippen molar-refractivity contribution in [3.8, 4) is 0 Å². The molecule has 1 aromatic carbocycles. The van der Waals surface area contributed by atoms with Crippen LogP contribution < -0.4 is 16.4 Å². The van der Waals surface area contributed by atoms with E-state index in [1.807, 2.05) is 12.1 Å². The molecule has 2 rings (SSSR count). The van der Waals surface area contributed by atoms with E-state index in [0.717, 1.165) is 5.56 Å². The quantitative estimate of drug-likeness (QED) is 0.670. The molecule has 0 unspecified atom stereocenters. The van der Waals surface area contributed by atoms with E-state index in [0.29, 0.717) is 17.1 Å². The second-order valence-electron chi connectivity index (χ2n) is 5.40. The lowest BCUT2D eigenvalue weighted by Crippen LogP contribution is -2.49. The number of anilines is 1. The second-order valence-corrected chi connectivity index (χ2v) is 5.83. The van der Waals surface area contributed by atoms with Gasteiger partial charge in [0.1, 0.15) is 6.04 Å². The van der Waals surface area contributed by atoms with E-state index >= 15 is 0 Å². The highest BCUT2D eigenvalue weighted by Crippen LogP contribution is 2.11. The lowest BCUT2D eigenvalue weighted by atomic mass is 10.1. The van der Waals surface area contributed by atoms with Gasteiger partial charge in [0, 0.05) is 11.2 Å². The van der Waals surface area contributed by atoms with E-state index in [1.165, 1.54) is 6.20 Å². The molecule has 4 N–H and O–H groups in total. The molecule has 0 spiro atoms. The molecular weight excluding hydrogens is 399 g/mol. The maximum atomic E-state index is 12.1. The number of rotatable bonds is 6. The predicted octanol–water partition coefficient (Wildman–Crippen LogP) is 2.59. The Morgan fingerprint density at radius 1 is 1.15 bits per heavy atom. The van der Waals surface area contributed by atoms with Crippen LogP contribution in [0.25, 0.3) is 0 Å². The number of pyridine rings is 1. The Morgan fingerprint density at radius 2 is 1.81 bits per heavy atom. The monoisotopic (exact) mass is 418 g/mol. The second kappa shape index (κ2) is 11.7. The molecule has 6 nitrogen and oxygen atoms in total. The summed E-state index contributed by atoms with van der Waals surface area (Å²) in [6, 6.07) is 9.07. The number of amides is 2. The predicted molar refractivity (Wildman–Crippen MR) is 108 cm³/mol. The van der Waals surface area contributed by atoms with Crippen LogP contribution in [0.4, 0.5) is 5.69 Å². The number of hydrogen-bond acceptors (Lipinski definition) is 4. The fourth-order valence-electron chi connectivity index (χ4n) is 2.04. The van der Waals surface area contributed by atoms with Crippen LogP contribution in [0.1, 0.15) is 12.5 Å². The average Bonchev–Trinajstić information content (AvgIpc) is 2.57. The molecule has 0 fully saturated rings. The molecule has 0 radical (unpaired) electrons. The van der Waals surface area contributed by atoms with Gasteiger partial charge in [0.15, 0.2) is 0 Å². The summed E-state index contributed by atoms with van der Waals surface area (Å²) in [5.41, 5.74) is 7.36. The molecule has 0 aliphatic heterocycles. The van der Waals surface area contributed by atoms with Crippen LogP contribution in [0.5, 0.6) is 0 Å². The van der Waals surface area contributed by atoms with Gasteiger partial charge in [-0.05, 0) is 43.2 Å². The summed E-state index contributed by atoms with van der Waals surface area (Å²) in [6.07, 6.45) is 3.50. The summed E-state index contributed by atoms with van der Waals surface area (Å²) < 4.78 is 0. The Bertz CT molecular complexity index is 699. The molecule has 0 bridgehead atoms. The minimum Gasteiger partial charge on any atom is -0.343 e. The van der Waals surface area contributed by atoms with Gasteiger partial charge < -0.3 is 16.4 Å². The molecule has 1 heterocycles. The van der Waals surface area contributed by atoms with Crippen molar-refractivity contribution < 1.29 is 9.59 Å². The van der Waals surface area contributed by atoms with E-state index in [4.69, 9.17) is 17.3 Å². The zero-order valence-electron chi connectivity index (χ0n) is 14.0. The summed E-state index contributed by atoms with van der Waals surface area (Å²) >= 11 is 5.82. The van der Waals surface area contributed by atoms with Crippen LogP contribution in [0.15, 0.2) is 48.8 Å². The van der Waals surface area contributed by atoms with Crippen molar-refractivity contribution in [2.24, 2.45) is 5.73 Å². The van der Waals surface area contributed by atoms with Crippen molar-refractivity contribution >= 4 is 53.9 Å². The fourth-order valence-corrected chi connectivity index (χ4v) is 2.17. The summed E-state index contributed by atoms with van der Waals surface area (Å²) in [4.78, 5) is 28.1. The molecule has 26 heavy (non-hydrogen) atoms. The summed E-state index contributed by atoms with van der Waals surface area (Å²) in [6.45, 7) is 1.60. The number of aromatic nitrogens is 1. The highest BCUT2D eigenvalue weighted by Gasteiger charge is 2.20. The SMILES string of the molecule is C[C@H](NC(=O)[C@@H](N)Cc1ccc(Cl)cc1)C(=O)Nc1cccnc1.Cl.Cl. The zero-order chi connectivity index (χ0) is 17.5. The summed E-state index contributed by atoms with van der Waals surface area (Å²) in [5.74, 6) is -0.728. The molecule has 0 aliphatic carbocycles. The van der Waals surface area contributed by atoms with Crippen molar-refractivity contribution in [2.75, 3.05) is 5.32 Å². The van der Waals surface area contributed by atoms with E-state index in [-0.39, 0.29) is 30.7 Å². The van der Waals surface area contributed by atoms with Gasteiger partial charge in [0.2, 0.25) is 11.8 Å². The highest BCUT2D eigenvalue weighted by molar-refractivity contribution is 6.30. The third-order valence-electron chi connectivity index (χ3n) is 3.39. The van der Waals surface area contributed by atoms with E-state index in [2.05, 4.69) is 15.6 Å². The molecule has 2 amide bonds. The number of benzene rings is 1. The van der Waals surface area contributed by atoms with Gasteiger partial charge in [0.25, 0.3) is 0 Å². The molecule has 2 atom stereocenters. The molecule has 9 heteroatoms. The number of nitrogens with two attached hydrogens (primary N) is 1. The van der Waals surface area contributed by atoms with Gasteiger partial charge in [-0.15, -0.1) is 24.8 Å². The third kappa shape index (κ3) is 7.58. The zero-order valence-corrected chi connectivity index (χ0v) is 16.4. The number of carbonyl (C=O) groups excluding carboxylic acids is 2. The molecule has 0 saturated heterocycles. The Kier molecular flexibility index (Phi) is 10.9. The first-order chi connectivity index (χ1) is 11.5. The molecule has 1 aromatic heterocycles. The van der Waals surface area contributed by atoms with E-state index in [9.17, 15) is 9.59 Å². The van der Waals surface area contributed by atoms with E-state index in [1.54, 1.807) is 37.4 Å². The normalized spacial score (nSPS) is 12.0. The van der Waals surface area contributed by atoms with Crippen molar-refractivity contribution in [1.29, 1.82) is 0 Å². The van der Waals surface area contributed by atoms with Crippen LogP contribution in [0.2, 0.25) is 5.02 Å². The Morgan fingerprint density at radius 3 is 2.38 bits per heavy atom. The molecule has 0 aliphatic rings. The highest BCUT2D eigenvalue weighted by atomic mass is 35.5. The Labute approximate surface area is 169 Å². The van der Waals surface area contributed by atoms with Gasteiger partial charge >= 0.3 is 0 Å². The number of halogens is 3. The number of nitrogens with zero attached hydrogens (tertiary/aromatic N) is 1. The molecular formula is C17H21Cl3N4O2. The van der Waals surface area contributed by atoms with Crippen molar-refractivity contribution in [3.63, 3.8) is 0 Å². The number of hydrogen-bond donors (Lipinski definition) is 3. The minimum absolute atomic E-state index is 0. The van der Waals surface area contributed by atoms with Crippen molar-refractivity contribution in [1.82, 2.24) is 10.3 Å². The fraction of sp³-hybridized carbons (Fsp3) is 0.235. The van der Waals surface area contributed by atoms with E-state index < -0.39 is 18.0 Å². The first kappa shape index (κ1) is 24.1. The van der Waals surface area contributed by atoms with Gasteiger partial charge in [-0.2, -0.15) is 0 Å². The smallest absolute Gasteiger partial charge is 0.246 e. The van der Waals surface area contributed by atoms with Gasteiger partial charge in [-0.3, -0.25) is 14.6 Å². The van der Waals surface area contributed by atoms with Crippen molar-refractivity contribution in [3.05, 3.63) is 59.4 Å². The minimum atomic E-state index is -0.750. The van der Waals surface area contributed by atoms with Gasteiger partial charge in [-0.25, -0.2) is 0 Å². The first-order valence-electron chi connectivity index (χ1n) is 7.47. The standard InChI is InChI=1S/C17H19ClN4O2.2ClH/c1-11(16(23)22-14-3-2-8-20-10-14)21-17(24)15(19)9-12-4-6-13(18)7-5-12;;/h2-8,10-11,15H,9,19H2,1H3,(H,21,24)(H,22,23);2*1H/t11-,15-;;/m0../s1.